The Hall–Kier alpha value is -3.36. The first-order chi connectivity index (χ1) is 15.2. The molecule has 1 aliphatic rings. The standard InChI is InChI=1S/C26H26N2O3/c1-2-21-18-20-12-8-11-19(10-6-7-16-27-25(29)23-15-9-17-31-23)24(20)26(30)28(21)22-13-4-3-5-14-22/h3-5,8,11-14,18,23H,2,7,9,15-17H2,1H3,(H,27,29). The summed E-state index contributed by atoms with van der Waals surface area (Å²) in [4.78, 5) is 25.5. The molecule has 0 saturated carbocycles. The Bertz CT molecular complexity index is 1200. The second kappa shape index (κ2) is 9.63. The van der Waals surface area contributed by atoms with Gasteiger partial charge < -0.3 is 10.1 Å². The number of hydrogen-bond donors (Lipinski definition) is 1. The smallest absolute Gasteiger partial charge is 0.264 e. The first-order valence-electron chi connectivity index (χ1n) is 10.8. The number of carbonyl (C=O) groups excluding carboxylic acids is 1. The number of para-hydroxylation sites is 1. The van der Waals surface area contributed by atoms with Crippen LogP contribution in [0.1, 0.15) is 37.4 Å². The highest BCUT2D eigenvalue weighted by molar-refractivity contribution is 5.88. The van der Waals surface area contributed by atoms with Gasteiger partial charge in [0.15, 0.2) is 0 Å². The average molecular weight is 415 g/mol. The van der Waals surface area contributed by atoms with E-state index in [4.69, 9.17) is 4.74 Å². The highest BCUT2D eigenvalue weighted by atomic mass is 16.5. The van der Waals surface area contributed by atoms with Crippen molar-refractivity contribution in [3.63, 3.8) is 0 Å². The van der Waals surface area contributed by atoms with E-state index in [1.54, 1.807) is 4.57 Å². The predicted octanol–water partition coefficient (Wildman–Crippen LogP) is 3.59. The van der Waals surface area contributed by atoms with Gasteiger partial charge >= 0.3 is 0 Å². The number of ether oxygens (including phenoxy) is 1. The molecule has 3 aromatic rings. The van der Waals surface area contributed by atoms with Crippen molar-refractivity contribution in [2.24, 2.45) is 0 Å². The molecular formula is C26H26N2O3. The fraction of sp³-hybridized carbons (Fsp3) is 0.308. The van der Waals surface area contributed by atoms with E-state index in [1.165, 1.54) is 0 Å². The maximum absolute atomic E-state index is 13.5. The molecule has 1 amide bonds. The third kappa shape index (κ3) is 4.55. The minimum absolute atomic E-state index is 0.0582. The largest absolute Gasteiger partial charge is 0.368 e. The lowest BCUT2D eigenvalue weighted by Crippen LogP contribution is -2.34. The summed E-state index contributed by atoms with van der Waals surface area (Å²) in [5, 5.41) is 4.39. The number of aromatic nitrogens is 1. The number of fused-ring (bicyclic) bond motifs is 1. The Balaban J connectivity index is 1.60. The average Bonchev–Trinajstić information content (AvgIpc) is 3.34. The first kappa shape index (κ1) is 20.9. The molecule has 2 heterocycles. The van der Waals surface area contributed by atoms with Crippen LogP contribution in [-0.4, -0.2) is 29.7 Å². The van der Waals surface area contributed by atoms with Crippen molar-refractivity contribution in [2.75, 3.05) is 13.2 Å². The molecule has 1 atom stereocenters. The van der Waals surface area contributed by atoms with Crippen LogP contribution in [0.15, 0.2) is 59.4 Å². The van der Waals surface area contributed by atoms with E-state index in [0.29, 0.717) is 30.5 Å². The third-order valence-corrected chi connectivity index (χ3v) is 5.49. The maximum atomic E-state index is 13.5. The van der Waals surface area contributed by atoms with Crippen molar-refractivity contribution in [1.82, 2.24) is 9.88 Å². The monoisotopic (exact) mass is 414 g/mol. The molecule has 1 unspecified atom stereocenters. The lowest BCUT2D eigenvalue weighted by molar-refractivity contribution is -0.129. The zero-order valence-corrected chi connectivity index (χ0v) is 17.7. The van der Waals surface area contributed by atoms with Crippen LogP contribution in [0.2, 0.25) is 0 Å². The SMILES string of the molecule is CCc1cc2cccc(C#CCCNC(=O)C3CCCO3)c2c(=O)n1-c1ccccc1. The van der Waals surface area contributed by atoms with Crippen molar-refractivity contribution in [2.45, 2.75) is 38.7 Å². The Morgan fingerprint density at radius 3 is 2.77 bits per heavy atom. The van der Waals surface area contributed by atoms with Crippen LogP contribution in [0.25, 0.3) is 16.5 Å². The highest BCUT2D eigenvalue weighted by Gasteiger charge is 2.22. The second-order valence-corrected chi connectivity index (χ2v) is 7.58. The summed E-state index contributed by atoms with van der Waals surface area (Å²) in [5.41, 5.74) is 2.47. The maximum Gasteiger partial charge on any atom is 0.264 e. The Morgan fingerprint density at radius 1 is 1.19 bits per heavy atom. The number of rotatable bonds is 5. The minimum Gasteiger partial charge on any atom is -0.368 e. The van der Waals surface area contributed by atoms with Gasteiger partial charge in [-0.2, -0.15) is 0 Å². The third-order valence-electron chi connectivity index (χ3n) is 5.49. The van der Waals surface area contributed by atoms with Gasteiger partial charge in [0, 0.05) is 36.5 Å². The van der Waals surface area contributed by atoms with Crippen LogP contribution in [0.4, 0.5) is 0 Å². The van der Waals surface area contributed by atoms with Crippen molar-refractivity contribution in [3.05, 3.63) is 76.2 Å². The molecule has 158 valence electrons. The molecule has 0 aliphatic carbocycles. The molecule has 1 aromatic heterocycles. The quantitative estimate of drug-likeness (QED) is 0.513. The van der Waals surface area contributed by atoms with Gasteiger partial charge in [0.1, 0.15) is 6.10 Å². The number of hydrogen-bond acceptors (Lipinski definition) is 3. The summed E-state index contributed by atoms with van der Waals surface area (Å²) in [6, 6.07) is 17.5. The van der Waals surface area contributed by atoms with Crippen LogP contribution >= 0.6 is 0 Å². The van der Waals surface area contributed by atoms with Crippen LogP contribution in [0.5, 0.6) is 0 Å². The normalized spacial score (nSPS) is 15.5. The summed E-state index contributed by atoms with van der Waals surface area (Å²) >= 11 is 0. The summed E-state index contributed by atoms with van der Waals surface area (Å²) in [6.45, 7) is 3.17. The Labute approximate surface area is 182 Å². The molecule has 0 bridgehead atoms. The molecule has 0 spiro atoms. The predicted molar refractivity (Wildman–Crippen MR) is 122 cm³/mol. The molecule has 1 N–H and O–H groups in total. The number of amides is 1. The van der Waals surface area contributed by atoms with Crippen LogP contribution in [-0.2, 0) is 16.0 Å². The van der Waals surface area contributed by atoms with E-state index in [0.717, 1.165) is 36.0 Å². The molecule has 5 nitrogen and oxygen atoms in total. The lowest BCUT2D eigenvalue weighted by Gasteiger charge is -2.14. The fourth-order valence-electron chi connectivity index (χ4n) is 3.94. The van der Waals surface area contributed by atoms with Gasteiger partial charge in [0.25, 0.3) is 5.56 Å². The van der Waals surface area contributed by atoms with Gasteiger partial charge in [-0.05, 0) is 48.9 Å². The second-order valence-electron chi connectivity index (χ2n) is 7.58. The molecule has 5 heteroatoms. The Morgan fingerprint density at radius 2 is 2.03 bits per heavy atom. The number of carbonyl (C=O) groups is 1. The summed E-state index contributed by atoms with van der Waals surface area (Å²) in [6.07, 6.45) is 2.64. The van der Waals surface area contributed by atoms with Crippen molar-refractivity contribution >= 4 is 16.7 Å². The van der Waals surface area contributed by atoms with Crippen molar-refractivity contribution < 1.29 is 9.53 Å². The number of nitrogens with one attached hydrogen (secondary N) is 1. The van der Waals surface area contributed by atoms with Gasteiger partial charge in [-0.15, -0.1) is 0 Å². The molecule has 4 rings (SSSR count). The zero-order valence-electron chi connectivity index (χ0n) is 17.7. The van der Waals surface area contributed by atoms with Gasteiger partial charge in [-0.25, -0.2) is 0 Å². The van der Waals surface area contributed by atoms with E-state index in [-0.39, 0.29) is 17.6 Å². The van der Waals surface area contributed by atoms with E-state index < -0.39 is 0 Å². The number of pyridine rings is 1. The van der Waals surface area contributed by atoms with Crippen molar-refractivity contribution in [3.8, 4) is 17.5 Å². The molecule has 2 aromatic carbocycles. The van der Waals surface area contributed by atoms with Gasteiger partial charge in [-0.3, -0.25) is 14.2 Å². The highest BCUT2D eigenvalue weighted by Crippen LogP contribution is 2.19. The molecule has 1 aliphatic heterocycles. The lowest BCUT2D eigenvalue weighted by atomic mass is 10.0. The molecule has 1 fully saturated rings. The van der Waals surface area contributed by atoms with Gasteiger partial charge in [0.05, 0.1) is 5.39 Å². The summed E-state index contributed by atoms with van der Waals surface area (Å²) < 4.78 is 7.16. The molecule has 0 radical (unpaired) electrons. The number of aryl methyl sites for hydroxylation is 1. The molecule has 1 saturated heterocycles. The molecule has 31 heavy (non-hydrogen) atoms. The number of benzene rings is 2. The molecular weight excluding hydrogens is 388 g/mol. The summed E-state index contributed by atoms with van der Waals surface area (Å²) in [7, 11) is 0. The van der Waals surface area contributed by atoms with Gasteiger partial charge in [-0.1, -0.05) is 49.1 Å². The van der Waals surface area contributed by atoms with E-state index >= 15 is 0 Å². The Kier molecular flexibility index (Phi) is 6.49. The first-order valence-corrected chi connectivity index (χ1v) is 10.8. The van der Waals surface area contributed by atoms with Crippen LogP contribution in [0.3, 0.4) is 0 Å². The fourth-order valence-corrected chi connectivity index (χ4v) is 3.94. The zero-order chi connectivity index (χ0) is 21.6. The van der Waals surface area contributed by atoms with E-state index in [9.17, 15) is 9.59 Å². The van der Waals surface area contributed by atoms with Gasteiger partial charge in [0.2, 0.25) is 5.91 Å². The topological polar surface area (TPSA) is 60.3 Å². The van der Waals surface area contributed by atoms with Crippen LogP contribution in [0, 0.1) is 11.8 Å². The minimum atomic E-state index is -0.324. The summed E-state index contributed by atoms with van der Waals surface area (Å²) in [5.74, 6) is 6.18. The van der Waals surface area contributed by atoms with E-state index in [2.05, 4.69) is 30.1 Å². The number of nitrogens with zero attached hydrogens (tertiary/aromatic N) is 1. The van der Waals surface area contributed by atoms with E-state index in [1.807, 2.05) is 48.5 Å². The van der Waals surface area contributed by atoms with Crippen molar-refractivity contribution in [1.29, 1.82) is 0 Å². The van der Waals surface area contributed by atoms with Crippen LogP contribution < -0.4 is 10.9 Å².